The summed E-state index contributed by atoms with van der Waals surface area (Å²) in [6.07, 6.45) is -1.12. The average Bonchev–Trinajstić information content (AvgIpc) is 3.69. The number of aliphatic hydroxyl groups excluding tert-OH is 1. The molecule has 3 N–H and O–H groups in total. The summed E-state index contributed by atoms with van der Waals surface area (Å²) >= 11 is 13.6. The molecule has 0 aliphatic carbocycles. The van der Waals surface area contributed by atoms with Gasteiger partial charge < -0.3 is 15.7 Å². The Bertz CT molecular complexity index is 2000. The van der Waals surface area contributed by atoms with Crippen molar-refractivity contribution in [1.82, 2.24) is 29.6 Å². The van der Waals surface area contributed by atoms with Gasteiger partial charge in [-0.1, -0.05) is 47.5 Å². The second-order valence-corrected chi connectivity index (χ2v) is 12.2. The van der Waals surface area contributed by atoms with Crippen LogP contribution in [0.1, 0.15) is 47.3 Å². The smallest absolute Gasteiger partial charge is 0.392 e. The lowest BCUT2D eigenvalue weighted by Gasteiger charge is -2.31. The van der Waals surface area contributed by atoms with Gasteiger partial charge in [0.05, 0.1) is 44.8 Å². The van der Waals surface area contributed by atoms with Crippen LogP contribution >= 0.6 is 23.2 Å². The molecule has 7 rings (SSSR count). The second-order valence-electron chi connectivity index (χ2n) is 11.5. The molecule has 47 heavy (non-hydrogen) atoms. The SMILES string of the molecule is O=C(Nc1cccc(-c2cccc(Nc3nc(C(F)(F)F)nc4cccnc34)c2Cl)c1Cl)c1cc2n(n1)CCC[C@H]2N1CC[C@@H](O)C1. The van der Waals surface area contributed by atoms with E-state index in [-0.39, 0.29) is 50.4 Å². The summed E-state index contributed by atoms with van der Waals surface area (Å²) in [6, 6.07) is 14.8. The van der Waals surface area contributed by atoms with Gasteiger partial charge in [0.15, 0.2) is 11.5 Å². The van der Waals surface area contributed by atoms with Crippen molar-refractivity contribution in [3.05, 3.63) is 88.1 Å². The van der Waals surface area contributed by atoms with E-state index in [9.17, 15) is 23.1 Å². The topological polar surface area (TPSA) is 121 Å². The Balaban J connectivity index is 1.16. The molecule has 1 amide bonds. The summed E-state index contributed by atoms with van der Waals surface area (Å²) in [5, 5.41) is 20.7. The largest absolute Gasteiger partial charge is 0.451 e. The van der Waals surface area contributed by atoms with Gasteiger partial charge in [0.2, 0.25) is 5.82 Å². The number of aromatic nitrogens is 5. The highest BCUT2D eigenvalue weighted by Crippen LogP contribution is 2.42. The van der Waals surface area contributed by atoms with Crippen molar-refractivity contribution in [2.75, 3.05) is 23.7 Å². The molecule has 2 atom stereocenters. The van der Waals surface area contributed by atoms with Crippen LogP contribution in [0.3, 0.4) is 0 Å². The molecule has 242 valence electrons. The van der Waals surface area contributed by atoms with Crippen molar-refractivity contribution in [3.8, 4) is 11.1 Å². The fraction of sp³-hybridized carbons (Fsp3) is 0.281. The quantitative estimate of drug-likeness (QED) is 0.173. The number of halogens is 5. The van der Waals surface area contributed by atoms with Crippen LogP contribution in [-0.4, -0.2) is 59.8 Å². The zero-order chi connectivity index (χ0) is 32.9. The minimum atomic E-state index is -4.78. The van der Waals surface area contributed by atoms with Crippen LogP contribution in [-0.2, 0) is 12.7 Å². The Morgan fingerprint density at radius 2 is 1.70 bits per heavy atom. The molecule has 5 heterocycles. The lowest BCUT2D eigenvalue weighted by Crippen LogP contribution is -2.32. The maximum atomic E-state index is 13.6. The summed E-state index contributed by atoms with van der Waals surface area (Å²) in [5.74, 6) is -1.92. The summed E-state index contributed by atoms with van der Waals surface area (Å²) in [5.41, 5.74) is 2.88. The number of β-amino-alcohol motifs (C(OH)–C–C–N with tert-alkyl or cyclic N) is 1. The van der Waals surface area contributed by atoms with Crippen LogP contribution in [0.4, 0.5) is 30.4 Å². The number of rotatable bonds is 6. The maximum Gasteiger partial charge on any atom is 0.451 e. The number of fused-ring (bicyclic) bond motifs is 2. The van der Waals surface area contributed by atoms with E-state index in [2.05, 4.69) is 35.6 Å². The lowest BCUT2D eigenvalue weighted by molar-refractivity contribution is -0.144. The van der Waals surface area contributed by atoms with Gasteiger partial charge in [-0.15, -0.1) is 0 Å². The lowest BCUT2D eigenvalue weighted by atomic mass is 10.0. The molecule has 0 radical (unpaired) electrons. The molecule has 0 unspecified atom stereocenters. The minimum Gasteiger partial charge on any atom is -0.392 e. The van der Waals surface area contributed by atoms with Gasteiger partial charge in [-0.3, -0.25) is 19.4 Å². The second kappa shape index (κ2) is 12.4. The van der Waals surface area contributed by atoms with E-state index in [4.69, 9.17) is 23.2 Å². The molecule has 3 aromatic heterocycles. The van der Waals surface area contributed by atoms with Gasteiger partial charge in [0.25, 0.3) is 5.91 Å². The molecule has 2 aliphatic heterocycles. The molecule has 0 spiro atoms. The molecule has 1 saturated heterocycles. The van der Waals surface area contributed by atoms with E-state index in [0.29, 0.717) is 29.9 Å². The van der Waals surface area contributed by atoms with Crippen molar-refractivity contribution >= 4 is 57.3 Å². The van der Waals surface area contributed by atoms with E-state index in [1.165, 1.54) is 18.3 Å². The summed E-state index contributed by atoms with van der Waals surface area (Å²) in [6.45, 7) is 2.09. The van der Waals surface area contributed by atoms with E-state index < -0.39 is 17.9 Å². The predicted molar refractivity (Wildman–Crippen MR) is 172 cm³/mol. The van der Waals surface area contributed by atoms with Crippen LogP contribution < -0.4 is 10.6 Å². The molecule has 2 aliphatic rings. The van der Waals surface area contributed by atoms with Crippen LogP contribution in [0, 0.1) is 0 Å². The van der Waals surface area contributed by atoms with Gasteiger partial charge >= 0.3 is 6.18 Å². The number of nitrogens with one attached hydrogen (secondary N) is 2. The number of anilines is 3. The first-order chi connectivity index (χ1) is 22.6. The highest BCUT2D eigenvalue weighted by Gasteiger charge is 2.36. The molecule has 5 aromatic rings. The average molecular weight is 684 g/mol. The number of nitrogens with zero attached hydrogens (tertiary/aromatic N) is 6. The normalized spacial score (nSPS) is 18.3. The minimum absolute atomic E-state index is 0.0139. The van der Waals surface area contributed by atoms with E-state index >= 15 is 0 Å². The van der Waals surface area contributed by atoms with Crippen LogP contribution in [0.5, 0.6) is 0 Å². The number of hydrogen-bond acceptors (Lipinski definition) is 8. The third-order valence-electron chi connectivity index (χ3n) is 8.37. The number of likely N-dealkylation sites (tertiary alicyclic amines) is 1. The van der Waals surface area contributed by atoms with Crippen molar-refractivity contribution in [2.24, 2.45) is 0 Å². The first-order valence-corrected chi connectivity index (χ1v) is 15.7. The van der Waals surface area contributed by atoms with Gasteiger partial charge in [0, 0.05) is 37.0 Å². The molecule has 15 heteroatoms. The Morgan fingerprint density at radius 1 is 0.957 bits per heavy atom. The summed E-state index contributed by atoms with van der Waals surface area (Å²) < 4.78 is 42.6. The van der Waals surface area contributed by atoms with Crippen LogP contribution in [0.2, 0.25) is 10.0 Å². The number of alkyl halides is 3. The Labute approximate surface area is 276 Å². The number of benzene rings is 2. The van der Waals surface area contributed by atoms with Crippen LogP contribution in [0.15, 0.2) is 60.8 Å². The van der Waals surface area contributed by atoms with Crippen molar-refractivity contribution in [3.63, 3.8) is 0 Å². The van der Waals surface area contributed by atoms with Crippen molar-refractivity contribution < 1.29 is 23.1 Å². The number of pyridine rings is 1. The zero-order valence-electron chi connectivity index (χ0n) is 24.6. The Morgan fingerprint density at radius 3 is 2.43 bits per heavy atom. The van der Waals surface area contributed by atoms with Gasteiger partial charge in [0.1, 0.15) is 5.52 Å². The molecule has 0 bridgehead atoms. The van der Waals surface area contributed by atoms with Gasteiger partial charge in [-0.25, -0.2) is 9.97 Å². The predicted octanol–water partition coefficient (Wildman–Crippen LogP) is 7.11. The fourth-order valence-corrected chi connectivity index (χ4v) is 6.71. The van der Waals surface area contributed by atoms with Crippen molar-refractivity contribution in [1.29, 1.82) is 0 Å². The Hall–Kier alpha value is -4.30. The molecule has 10 nitrogen and oxygen atoms in total. The van der Waals surface area contributed by atoms with E-state index in [1.807, 2.05) is 4.68 Å². The molecular formula is C32H27Cl2F3N8O2. The van der Waals surface area contributed by atoms with E-state index in [0.717, 1.165) is 31.5 Å². The third-order valence-corrected chi connectivity index (χ3v) is 9.18. The standard InChI is InChI=1S/C32H27Cl2F3N8O2/c33-26-18(5-1-7-20(26)39-29-28-22(9-3-12-38-28)41-31(42-29)32(35,36)37)19-6-2-8-21(27(19)34)40-30(47)23-15-25-24(10-4-13-45(25)43-23)44-14-11-17(46)16-44/h1-3,5-9,12,15,17,24,46H,4,10-11,13-14,16H2,(H,40,47)(H,39,41,42)/t17-,24-/m1/s1. The summed E-state index contributed by atoms with van der Waals surface area (Å²) in [4.78, 5) is 27.1. The van der Waals surface area contributed by atoms with Crippen LogP contribution in [0.25, 0.3) is 22.2 Å². The Kier molecular flexibility index (Phi) is 8.25. The third kappa shape index (κ3) is 6.11. The number of carbonyl (C=O) groups excluding carboxylic acids is 1. The molecule has 0 saturated carbocycles. The van der Waals surface area contributed by atoms with Crippen molar-refractivity contribution in [2.45, 2.75) is 44.1 Å². The fourth-order valence-electron chi connectivity index (χ4n) is 6.16. The number of hydrogen-bond donors (Lipinski definition) is 3. The number of amides is 1. The molecular weight excluding hydrogens is 656 g/mol. The first kappa shape index (κ1) is 31.3. The maximum absolute atomic E-state index is 13.6. The zero-order valence-corrected chi connectivity index (χ0v) is 26.1. The molecule has 1 fully saturated rings. The summed E-state index contributed by atoms with van der Waals surface area (Å²) in [7, 11) is 0. The highest BCUT2D eigenvalue weighted by atomic mass is 35.5. The van der Waals surface area contributed by atoms with E-state index in [1.54, 1.807) is 42.5 Å². The number of carbonyl (C=O) groups is 1. The first-order valence-electron chi connectivity index (χ1n) is 14.9. The monoisotopic (exact) mass is 682 g/mol. The van der Waals surface area contributed by atoms with Gasteiger partial charge in [-0.05, 0) is 49.6 Å². The number of aryl methyl sites for hydroxylation is 1. The number of aliphatic hydroxyl groups is 1. The van der Waals surface area contributed by atoms with Gasteiger partial charge in [-0.2, -0.15) is 18.3 Å². The molecule has 2 aromatic carbocycles. The highest BCUT2D eigenvalue weighted by molar-refractivity contribution is 6.39.